The van der Waals surface area contributed by atoms with E-state index < -0.39 is 0 Å². The molecule has 0 unspecified atom stereocenters. The van der Waals surface area contributed by atoms with Crippen LogP contribution >= 0.6 is 0 Å². The molecule has 1 aliphatic heterocycles. The highest BCUT2D eigenvalue weighted by Gasteiger charge is 2.15. The topological polar surface area (TPSA) is 62.8 Å². The second-order valence-electron chi connectivity index (χ2n) is 5.10. The molecule has 6 heteroatoms. The zero-order valence-corrected chi connectivity index (χ0v) is 12.9. The summed E-state index contributed by atoms with van der Waals surface area (Å²) in [7, 11) is 3.18. The van der Waals surface area contributed by atoms with E-state index in [9.17, 15) is 4.79 Å². The molecule has 0 radical (unpaired) electrons. The van der Waals surface area contributed by atoms with Crippen LogP contribution in [-0.2, 0) is 4.79 Å². The van der Waals surface area contributed by atoms with Gasteiger partial charge in [-0.3, -0.25) is 9.69 Å². The number of nitrogens with zero attached hydrogens (tertiary/aromatic N) is 1. The summed E-state index contributed by atoms with van der Waals surface area (Å²) in [5.41, 5.74) is 1.70. The Hall–Kier alpha value is -1.79. The predicted octanol–water partition coefficient (Wildman–Crippen LogP) is 0.856. The molecule has 0 atom stereocenters. The lowest BCUT2D eigenvalue weighted by atomic mass is 10.1. The minimum atomic E-state index is -0.00720. The Morgan fingerprint density at radius 2 is 1.86 bits per heavy atom. The van der Waals surface area contributed by atoms with Crippen molar-refractivity contribution in [2.24, 2.45) is 0 Å². The molecule has 1 aromatic carbocycles. The molecule has 1 saturated heterocycles. The van der Waals surface area contributed by atoms with Crippen molar-refractivity contribution in [2.45, 2.75) is 6.92 Å². The third kappa shape index (κ3) is 4.09. The van der Waals surface area contributed by atoms with E-state index in [4.69, 9.17) is 9.47 Å². The largest absolute Gasteiger partial charge is 0.493 e. The van der Waals surface area contributed by atoms with Crippen molar-refractivity contribution < 1.29 is 14.3 Å². The fourth-order valence-corrected chi connectivity index (χ4v) is 2.38. The molecule has 2 rings (SSSR count). The average Bonchev–Trinajstić information content (AvgIpc) is 2.49. The van der Waals surface area contributed by atoms with Crippen LogP contribution in [0, 0.1) is 6.92 Å². The van der Waals surface area contributed by atoms with Crippen molar-refractivity contribution in [1.82, 2.24) is 10.2 Å². The first-order chi connectivity index (χ1) is 10.1. The quantitative estimate of drug-likeness (QED) is 0.843. The highest BCUT2D eigenvalue weighted by atomic mass is 16.5. The summed E-state index contributed by atoms with van der Waals surface area (Å²) in [4.78, 5) is 14.3. The molecule has 0 aromatic heterocycles. The first-order valence-electron chi connectivity index (χ1n) is 7.09. The zero-order chi connectivity index (χ0) is 15.2. The van der Waals surface area contributed by atoms with E-state index in [2.05, 4.69) is 15.5 Å². The summed E-state index contributed by atoms with van der Waals surface area (Å²) in [6.45, 7) is 6.01. The number of amides is 1. The smallest absolute Gasteiger partial charge is 0.238 e. The first kappa shape index (κ1) is 15.6. The van der Waals surface area contributed by atoms with E-state index in [1.165, 1.54) is 0 Å². The second-order valence-corrected chi connectivity index (χ2v) is 5.10. The number of hydrogen-bond acceptors (Lipinski definition) is 5. The summed E-state index contributed by atoms with van der Waals surface area (Å²) >= 11 is 0. The van der Waals surface area contributed by atoms with Crippen molar-refractivity contribution in [1.29, 1.82) is 0 Å². The minimum Gasteiger partial charge on any atom is -0.493 e. The summed E-state index contributed by atoms with van der Waals surface area (Å²) in [6.07, 6.45) is 0. The van der Waals surface area contributed by atoms with Crippen molar-refractivity contribution in [2.75, 3.05) is 52.3 Å². The van der Waals surface area contributed by atoms with Gasteiger partial charge in [-0.05, 0) is 18.6 Å². The van der Waals surface area contributed by atoms with Crippen LogP contribution in [0.4, 0.5) is 5.69 Å². The van der Waals surface area contributed by atoms with Crippen LogP contribution in [0.3, 0.4) is 0 Å². The molecule has 21 heavy (non-hydrogen) atoms. The lowest BCUT2D eigenvalue weighted by Crippen LogP contribution is -2.46. The molecule has 1 amide bonds. The van der Waals surface area contributed by atoms with Gasteiger partial charge in [0.15, 0.2) is 11.5 Å². The van der Waals surface area contributed by atoms with Crippen LogP contribution in [0.15, 0.2) is 12.1 Å². The molecule has 1 aliphatic rings. The SMILES string of the molecule is COc1cc(C)c(NC(=O)CN2CCNCC2)cc1OC. The van der Waals surface area contributed by atoms with E-state index in [1.54, 1.807) is 20.3 Å². The molecule has 0 aliphatic carbocycles. The van der Waals surface area contributed by atoms with Gasteiger partial charge in [-0.2, -0.15) is 0 Å². The van der Waals surface area contributed by atoms with Crippen molar-refractivity contribution >= 4 is 11.6 Å². The molecule has 116 valence electrons. The molecular weight excluding hydrogens is 270 g/mol. The maximum absolute atomic E-state index is 12.1. The average molecular weight is 293 g/mol. The zero-order valence-electron chi connectivity index (χ0n) is 12.9. The second kappa shape index (κ2) is 7.28. The van der Waals surface area contributed by atoms with Crippen LogP contribution in [-0.4, -0.2) is 57.8 Å². The van der Waals surface area contributed by atoms with E-state index in [1.807, 2.05) is 13.0 Å². The monoisotopic (exact) mass is 293 g/mol. The number of aryl methyl sites for hydroxylation is 1. The highest BCUT2D eigenvalue weighted by Crippen LogP contribution is 2.32. The maximum Gasteiger partial charge on any atom is 0.238 e. The highest BCUT2D eigenvalue weighted by molar-refractivity contribution is 5.93. The number of nitrogens with one attached hydrogen (secondary N) is 2. The van der Waals surface area contributed by atoms with Gasteiger partial charge in [0, 0.05) is 37.9 Å². The van der Waals surface area contributed by atoms with Crippen molar-refractivity contribution in [3.05, 3.63) is 17.7 Å². The Morgan fingerprint density at radius 1 is 1.24 bits per heavy atom. The first-order valence-corrected chi connectivity index (χ1v) is 7.09. The van der Waals surface area contributed by atoms with Gasteiger partial charge in [-0.15, -0.1) is 0 Å². The van der Waals surface area contributed by atoms with Gasteiger partial charge in [-0.1, -0.05) is 0 Å². The Kier molecular flexibility index (Phi) is 5.41. The van der Waals surface area contributed by atoms with E-state index in [-0.39, 0.29) is 5.91 Å². The fraction of sp³-hybridized carbons (Fsp3) is 0.533. The number of benzene rings is 1. The number of methoxy groups -OCH3 is 2. The van der Waals surface area contributed by atoms with Gasteiger partial charge in [0.2, 0.25) is 5.91 Å². The number of ether oxygens (including phenoxy) is 2. The van der Waals surface area contributed by atoms with Gasteiger partial charge in [0.25, 0.3) is 0 Å². The van der Waals surface area contributed by atoms with Gasteiger partial charge in [0.1, 0.15) is 0 Å². The van der Waals surface area contributed by atoms with E-state index in [0.717, 1.165) is 37.4 Å². The number of carbonyl (C=O) groups is 1. The van der Waals surface area contributed by atoms with Gasteiger partial charge >= 0.3 is 0 Å². The van der Waals surface area contributed by atoms with Crippen LogP contribution in [0.5, 0.6) is 11.5 Å². The van der Waals surface area contributed by atoms with Gasteiger partial charge in [0.05, 0.1) is 20.8 Å². The fourth-order valence-electron chi connectivity index (χ4n) is 2.38. The number of hydrogen-bond donors (Lipinski definition) is 2. The summed E-state index contributed by atoms with van der Waals surface area (Å²) < 4.78 is 10.5. The molecule has 2 N–H and O–H groups in total. The van der Waals surface area contributed by atoms with Crippen LogP contribution in [0.1, 0.15) is 5.56 Å². The Morgan fingerprint density at radius 3 is 2.48 bits per heavy atom. The van der Waals surface area contributed by atoms with Gasteiger partial charge in [-0.25, -0.2) is 0 Å². The lowest BCUT2D eigenvalue weighted by molar-refractivity contribution is -0.117. The van der Waals surface area contributed by atoms with E-state index >= 15 is 0 Å². The maximum atomic E-state index is 12.1. The molecule has 0 saturated carbocycles. The molecule has 1 heterocycles. The molecule has 0 bridgehead atoms. The Bertz CT molecular complexity index is 499. The molecule has 1 fully saturated rings. The van der Waals surface area contributed by atoms with E-state index in [0.29, 0.717) is 18.0 Å². The lowest BCUT2D eigenvalue weighted by Gasteiger charge is -2.26. The predicted molar refractivity (Wildman–Crippen MR) is 82.2 cm³/mol. The normalized spacial score (nSPS) is 15.6. The third-order valence-corrected chi connectivity index (χ3v) is 3.58. The molecule has 6 nitrogen and oxygen atoms in total. The van der Waals surface area contributed by atoms with Crippen molar-refractivity contribution in [3.63, 3.8) is 0 Å². The van der Waals surface area contributed by atoms with Gasteiger partial charge < -0.3 is 20.1 Å². The standard InChI is InChI=1S/C15H23N3O3/c1-11-8-13(20-2)14(21-3)9-12(11)17-15(19)10-18-6-4-16-5-7-18/h8-9,16H,4-7,10H2,1-3H3,(H,17,19). The van der Waals surface area contributed by atoms with Crippen molar-refractivity contribution in [3.8, 4) is 11.5 Å². The Balaban J connectivity index is 2.02. The summed E-state index contributed by atoms with van der Waals surface area (Å²) in [5.74, 6) is 1.27. The number of carbonyl (C=O) groups excluding carboxylic acids is 1. The van der Waals surface area contributed by atoms with Crippen LogP contribution < -0.4 is 20.1 Å². The molecular formula is C15H23N3O3. The Labute approximate surface area is 125 Å². The van der Waals surface area contributed by atoms with Crippen LogP contribution in [0.2, 0.25) is 0 Å². The number of rotatable bonds is 5. The third-order valence-electron chi connectivity index (χ3n) is 3.58. The molecule has 0 spiro atoms. The molecule has 1 aromatic rings. The van der Waals surface area contributed by atoms with Crippen LogP contribution in [0.25, 0.3) is 0 Å². The summed E-state index contributed by atoms with van der Waals surface area (Å²) in [5, 5.41) is 6.22. The minimum absolute atomic E-state index is 0.00720. The number of piperazine rings is 1. The summed E-state index contributed by atoms with van der Waals surface area (Å²) in [6, 6.07) is 3.66. The number of anilines is 1.